The SMILES string of the molecule is O=C(Nc1cccc(C(=O)N2CCOCC2)c1)c1ccc(OC2CCCC2)cc1. The number of amides is 2. The predicted molar refractivity (Wildman–Crippen MR) is 110 cm³/mol. The molecule has 2 amide bonds. The summed E-state index contributed by atoms with van der Waals surface area (Å²) in [6, 6.07) is 14.3. The number of hydrogen-bond acceptors (Lipinski definition) is 4. The first-order valence-corrected chi connectivity index (χ1v) is 10.2. The Morgan fingerprint density at radius 2 is 1.69 bits per heavy atom. The van der Waals surface area contributed by atoms with Gasteiger partial charge in [-0.3, -0.25) is 9.59 Å². The fourth-order valence-electron chi connectivity index (χ4n) is 3.77. The van der Waals surface area contributed by atoms with E-state index in [1.54, 1.807) is 41.3 Å². The molecule has 0 bridgehead atoms. The molecule has 1 heterocycles. The van der Waals surface area contributed by atoms with Gasteiger partial charge in [-0.15, -0.1) is 0 Å². The molecular weight excluding hydrogens is 368 g/mol. The molecule has 1 aliphatic carbocycles. The van der Waals surface area contributed by atoms with E-state index in [9.17, 15) is 9.59 Å². The summed E-state index contributed by atoms with van der Waals surface area (Å²) < 4.78 is 11.2. The third-order valence-electron chi connectivity index (χ3n) is 5.39. The normalized spacial score (nSPS) is 17.2. The summed E-state index contributed by atoms with van der Waals surface area (Å²) >= 11 is 0. The monoisotopic (exact) mass is 394 g/mol. The Hall–Kier alpha value is -2.86. The van der Waals surface area contributed by atoms with Gasteiger partial charge in [0.25, 0.3) is 11.8 Å². The second kappa shape index (κ2) is 9.09. The minimum absolute atomic E-state index is 0.0437. The molecule has 1 N–H and O–H groups in total. The number of carbonyl (C=O) groups is 2. The van der Waals surface area contributed by atoms with E-state index in [-0.39, 0.29) is 11.8 Å². The van der Waals surface area contributed by atoms with Gasteiger partial charge in [0.15, 0.2) is 0 Å². The van der Waals surface area contributed by atoms with Crippen molar-refractivity contribution in [3.05, 3.63) is 59.7 Å². The molecule has 0 radical (unpaired) electrons. The van der Waals surface area contributed by atoms with E-state index >= 15 is 0 Å². The topological polar surface area (TPSA) is 67.9 Å². The van der Waals surface area contributed by atoms with Gasteiger partial charge >= 0.3 is 0 Å². The largest absolute Gasteiger partial charge is 0.490 e. The summed E-state index contributed by atoms with van der Waals surface area (Å²) in [5.41, 5.74) is 1.71. The smallest absolute Gasteiger partial charge is 0.255 e. The molecule has 0 spiro atoms. The summed E-state index contributed by atoms with van der Waals surface area (Å²) in [6.07, 6.45) is 4.93. The van der Waals surface area contributed by atoms with Crippen LogP contribution >= 0.6 is 0 Å². The van der Waals surface area contributed by atoms with Crippen molar-refractivity contribution in [2.24, 2.45) is 0 Å². The fourth-order valence-corrected chi connectivity index (χ4v) is 3.77. The number of nitrogens with one attached hydrogen (secondary N) is 1. The van der Waals surface area contributed by atoms with Crippen molar-refractivity contribution in [3.8, 4) is 5.75 Å². The van der Waals surface area contributed by atoms with Crippen LogP contribution in [0.25, 0.3) is 0 Å². The summed E-state index contributed by atoms with van der Waals surface area (Å²) in [4.78, 5) is 27.0. The van der Waals surface area contributed by atoms with Gasteiger partial charge in [-0.25, -0.2) is 0 Å². The van der Waals surface area contributed by atoms with Crippen molar-refractivity contribution in [2.45, 2.75) is 31.8 Å². The lowest BCUT2D eigenvalue weighted by molar-refractivity contribution is 0.0303. The number of benzene rings is 2. The maximum absolute atomic E-state index is 12.6. The standard InChI is InChI=1S/C23H26N2O4/c26-22(17-8-10-21(11-9-17)29-20-6-1-2-7-20)24-19-5-3-4-18(16-19)23(27)25-12-14-28-15-13-25/h3-5,8-11,16,20H,1-2,6-7,12-15H2,(H,24,26). The minimum Gasteiger partial charge on any atom is -0.490 e. The highest BCUT2D eigenvalue weighted by atomic mass is 16.5. The van der Waals surface area contributed by atoms with Crippen molar-refractivity contribution < 1.29 is 19.1 Å². The number of ether oxygens (including phenoxy) is 2. The van der Waals surface area contributed by atoms with Crippen LogP contribution in [0.3, 0.4) is 0 Å². The van der Waals surface area contributed by atoms with Gasteiger partial charge in [0, 0.05) is 29.9 Å². The maximum atomic E-state index is 12.6. The number of anilines is 1. The summed E-state index contributed by atoms with van der Waals surface area (Å²) in [6.45, 7) is 2.29. The van der Waals surface area contributed by atoms with Crippen molar-refractivity contribution in [2.75, 3.05) is 31.6 Å². The number of nitrogens with zero attached hydrogens (tertiary/aromatic N) is 1. The third-order valence-corrected chi connectivity index (χ3v) is 5.39. The van der Waals surface area contributed by atoms with Crippen molar-refractivity contribution >= 4 is 17.5 Å². The lowest BCUT2D eigenvalue weighted by atomic mass is 10.1. The zero-order valence-corrected chi connectivity index (χ0v) is 16.4. The molecule has 2 aromatic carbocycles. The zero-order chi connectivity index (χ0) is 20.1. The van der Waals surface area contributed by atoms with E-state index < -0.39 is 0 Å². The van der Waals surface area contributed by atoms with Crippen LogP contribution in [0.4, 0.5) is 5.69 Å². The van der Waals surface area contributed by atoms with Gasteiger partial charge in [0.1, 0.15) is 5.75 Å². The van der Waals surface area contributed by atoms with E-state index in [0.29, 0.717) is 49.2 Å². The second-order valence-electron chi connectivity index (χ2n) is 7.49. The van der Waals surface area contributed by atoms with E-state index in [1.165, 1.54) is 12.8 Å². The molecule has 2 aliphatic rings. The summed E-state index contributed by atoms with van der Waals surface area (Å²) in [7, 11) is 0. The molecule has 1 aliphatic heterocycles. The molecule has 2 fully saturated rings. The Balaban J connectivity index is 1.38. The Morgan fingerprint density at radius 3 is 2.41 bits per heavy atom. The van der Waals surface area contributed by atoms with Crippen LogP contribution < -0.4 is 10.1 Å². The van der Waals surface area contributed by atoms with Gasteiger partial charge < -0.3 is 19.7 Å². The predicted octanol–water partition coefficient (Wildman–Crippen LogP) is 3.73. The first kappa shape index (κ1) is 19.5. The molecule has 4 rings (SSSR count). The van der Waals surface area contributed by atoms with E-state index in [1.807, 2.05) is 12.1 Å². The van der Waals surface area contributed by atoms with Gasteiger partial charge in [0.05, 0.1) is 19.3 Å². The number of rotatable bonds is 5. The van der Waals surface area contributed by atoms with E-state index in [4.69, 9.17) is 9.47 Å². The van der Waals surface area contributed by atoms with Gasteiger partial charge in [0.2, 0.25) is 0 Å². The maximum Gasteiger partial charge on any atom is 0.255 e. The highest BCUT2D eigenvalue weighted by molar-refractivity contribution is 6.05. The fraction of sp³-hybridized carbons (Fsp3) is 0.391. The first-order chi connectivity index (χ1) is 14.2. The van der Waals surface area contributed by atoms with Gasteiger partial charge in [-0.05, 0) is 68.1 Å². The Morgan fingerprint density at radius 1 is 0.966 bits per heavy atom. The number of hydrogen-bond donors (Lipinski definition) is 1. The molecule has 2 aromatic rings. The number of carbonyl (C=O) groups excluding carboxylic acids is 2. The van der Waals surface area contributed by atoms with Crippen molar-refractivity contribution in [1.29, 1.82) is 0 Å². The molecule has 6 nitrogen and oxygen atoms in total. The van der Waals surface area contributed by atoms with Crippen molar-refractivity contribution in [1.82, 2.24) is 4.90 Å². The van der Waals surface area contributed by atoms with Crippen LogP contribution in [-0.4, -0.2) is 49.1 Å². The van der Waals surface area contributed by atoms with Crippen molar-refractivity contribution in [3.63, 3.8) is 0 Å². The third kappa shape index (κ3) is 4.95. The highest BCUT2D eigenvalue weighted by Crippen LogP contribution is 2.24. The van der Waals surface area contributed by atoms with Crippen LogP contribution in [0.2, 0.25) is 0 Å². The van der Waals surface area contributed by atoms with Crippen LogP contribution in [0.5, 0.6) is 5.75 Å². The highest BCUT2D eigenvalue weighted by Gasteiger charge is 2.19. The molecule has 1 saturated carbocycles. The second-order valence-corrected chi connectivity index (χ2v) is 7.49. The average Bonchev–Trinajstić information content (AvgIpc) is 3.27. The average molecular weight is 394 g/mol. The van der Waals surface area contributed by atoms with Crippen LogP contribution in [0.15, 0.2) is 48.5 Å². The summed E-state index contributed by atoms with van der Waals surface area (Å²) in [5, 5.41) is 2.87. The number of morpholine rings is 1. The summed E-state index contributed by atoms with van der Waals surface area (Å²) in [5.74, 6) is 0.540. The quantitative estimate of drug-likeness (QED) is 0.839. The molecular formula is C23H26N2O4. The van der Waals surface area contributed by atoms with Crippen LogP contribution in [-0.2, 0) is 4.74 Å². The molecule has 152 valence electrons. The van der Waals surface area contributed by atoms with Gasteiger partial charge in [-0.1, -0.05) is 6.07 Å². The lowest BCUT2D eigenvalue weighted by Crippen LogP contribution is -2.40. The molecule has 0 unspecified atom stereocenters. The molecule has 1 saturated heterocycles. The first-order valence-electron chi connectivity index (χ1n) is 10.2. The van der Waals surface area contributed by atoms with E-state index in [2.05, 4.69) is 5.32 Å². The molecule has 6 heteroatoms. The Labute approximate surface area is 170 Å². The van der Waals surface area contributed by atoms with Crippen LogP contribution in [0.1, 0.15) is 46.4 Å². The molecule has 29 heavy (non-hydrogen) atoms. The van der Waals surface area contributed by atoms with Crippen LogP contribution in [0, 0.1) is 0 Å². The minimum atomic E-state index is -0.214. The Bertz CT molecular complexity index is 853. The molecule has 0 aromatic heterocycles. The van der Waals surface area contributed by atoms with E-state index in [0.717, 1.165) is 18.6 Å². The lowest BCUT2D eigenvalue weighted by Gasteiger charge is -2.27. The molecule has 0 atom stereocenters. The zero-order valence-electron chi connectivity index (χ0n) is 16.4. The van der Waals surface area contributed by atoms with Gasteiger partial charge in [-0.2, -0.15) is 0 Å². The Kier molecular flexibility index (Phi) is 6.10.